The molecule has 2 aliphatic heterocycles. The zero-order valence-corrected chi connectivity index (χ0v) is 15.7. The zero-order valence-electron chi connectivity index (χ0n) is 15.7. The second-order valence-electron chi connectivity index (χ2n) is 7.30. The van der Waals surface area contributed by atoms with E-state index >= 15 is 0 Å². The first-order valence-corrected chi connectivity index (χ1v) is 9.89. The minimum Gasteiger partial charge on any atom is -0.378 e. The van der Waals surface area contributed by atoms with Gasteiger partial charge in [0.25, 0.3) is 5.91 Å². The summed E-state index contributed by atoms with van der Waals surface area (Å²) in [6.07, 6.45) is 4.15. The monoisotopic (exact) mass is 368 g/mol. The third kappa shape index (κ3) is 4.34. The summed E-state index contributed by atoms with van der Waals surface area (Å²) in [5.74, 6) is 0.386. The van der Waals surface area contributed by atoms with Crippen LogP contribution in [-0.4, -0.2) is 50.3 Å². The fourth-order valence-corrected chi connectivity index (χ4v) is 3.94. The maximum absolute atomic E-state index is 12.7. The number of carbonyl (C=O) groups is 1. The van der Waals surface area contributed by atoms with Gasteiger partial charge in [-0.1, -0.05) is 12.1 Å². The number of anilines is 1. The Morgan fingerprint density at radius 2 is 2.00 bits per heavy atom. The summed E-state index contributed by atoms with van der Waals surface area (Å²) in [6, 6.07) is 10.3. The number of benzene rings is 1. The summed E-state index contributed by atoms with van der Waals surface area (Å²) in [7, 11) is 0. The summed E-state index contributed by atoms with van der Waals surface area (Å²) < 4.78 is 5.40. The molecule has 1 aromatic carbocycles. The Morgan fingerprint density at radius 1 is 1.19 bits per heavy atom. The Balaban J connectivity index is 1.35. The van der Waals surface area contributed by atoms with Crippen LogP contribution in [0.4, 0.5) is 5.69 Å². The van der Waals surface area contributed by atoms with Crippen LogP contribution in [0, 0.1) is 0 Å². The maximum Gasteiger partial charge on any atom is 0.253 e. The summed E-state index contributed by atoms with van der Waals surface area (Å²) in [6.45, 7) is 5.98. The number of ether oxygens (including phenoxy) is 1. The van der Waals surface area contributed by atoms with Gasteiger partial charge in [-0.05, 0) is 43.1 Å². The molecule has 2 aliphatic rings. The van der Waals surface area contributed by atoms with Crippen molar-refractivity contribution >= 4 is 11.6 Å². The Kier molecular flexibility index (Phi) is 5.75. The van der Waals surface area contributed by atoms with E-state index in [0.717, 1.165) is 69.1 Å². The second kappa shape index (κ2) is 8.59. The van der Waals surface area contributed by atoms with Gasteiger partial charge in [0.1, 0.15) is 0 Å². The van der Waals surface area contributed by atoms with Gasteiger partial charge in [-0.25, -0.2) is 0 Å². The highest BCUT2D eigenvalue weighted by atomic mass is 16.5. The number of aromatic nitrogens is 1. The first-order chi connectivity index (χ1) is 13.3. The van der Waals surface area contributed by atoms with Gasteiger partial charge >= 0.3 is 0 Å². The van der Waals surface area contributed by atoms with Crippen molar-refractivity contribution in [3.63, 3.8) is 0 Å². The average molecular weight is 368 g/mol. The molecule has 4 rings (SSSR count). The van der Waals surface area contributed by atoms with Gasteiger partial charge in [-0.15, -0.1) is 0 Å². The first kappa shape index (κ1) is 18.1. The number of nitrogens with one attached hydrogen (secondary N) is 3. The molecule has 0 bridgehead atoms. The topological polar surface area (TPSA) is 69.4 Å². The number of rotatable bonds is 5. The van der Waals surface area contributed by atoms with Crippen LogP contribution in [0.2, 0.25) is 0 Å². The van der Waals surface area contributed by atoms with Crippen molar-refractivity contribution in [2.45, 2.75) is 25.3 Å². The van der Waals surface area contributed by atoms with E-state index in [-0.39, 0.29) is 5.91 Å². The Bertz CT molecular complexity index is 744. The van der Waals surface area contributed by atoms with Crippen LogP contribution in [0.5, 0.6) is 0 Å². The molecule has 3 heterocycles. The molecule has 6 heteroatoms. The minimum absolute atomic E-state index is 0.00548. The summed E-state index contributed by atoms with van der Waals surface area (Å²) in [4.78, 5) is 18.3. The summed E-state index contributed by atoms with van der Waals surface area (Å²) >= 11 is 0. The highest BCUT2D eigenvalue weighted by Gasteiger charge is 2.22. The van der Waals surface area contributed by atoms with E-state index in [1.54, 1.807) is 0 Å². The zero-order chi connectivity index (χ0) is 18.5. The Hall–Kier alpha value is -2.31. The lowest BCUT2D eigenvalue weighted by Gasteiger charge is -2.28. The first-order valence-electron chi connectivity index (χ1n) is 9.89. The molecule has 2 aromatic rings. The van der Waals surface area contributed by atoms with Gasteiger partial charge in [-0.2, -0.15) is 0 Å². The molecule has 3 N–H and O–H groups in total. The third-order valence-corrected chi connectivity index (χ3v) is 5.49. The van der Waals surface area contributed by atoms with E-state index in [0.29, 0.717) is 12.5 Å². The maximum atomic E-state index is 12.7. The minimum atomic E-state index is -0.00548. The van der Waals surface area contributed by atoms with E-state index < -0.39 is 0 Å². The van der Waals surface area contributed by atoms with Crippen molar-refractivity contribution in [3.05, 3.63) is 53.3 Å². The van der Waals surface area contributed by atoms with Crippen LogP contribution in [0.15, 0.2) is 36.5 Å². The Morgan fingerprint density at radius 3 is 2.74 bits per heavy atom. The predicted octanol–water partition coefficient (Wildman–Crippen LogP) is 2.25. The molecule has 0 spiro atoms. The van der Waals surface area contributed by atoms with Gasteiger partial charge in [-0.3, -0.25) is 4.79 Å². The van der Waals surface area contributed by atoms with Gasteiger partial charge in [0.05, 0.1) is 18.8 Å². The lowest BCUT2D eigenvalue weighted by molar-refractivity contribution is 0.0949. The second-order valence-corrected chi connectivity index (χ2v) is 7.30. The number of amides is 1. The smallest absolute Gasteiger partial charge is 0.253 e. The number of morpholine rings is 1. The van der Waals surface area contributed by atoms with Crippen LogP contribution in [-0.2, 0) is 11.3 Å². The van der Waals surface area contributed by atoms with Crippen LogP contribution in [0.3, 0.4) is 0 Å². The molecule has 1 atom stereocenters. The van der Waals surface area contributed by atoms with Gasteiger partial charge in [0, 0.05) is 49.7 Å². The number of piperidine rings is 1. The molecular weight excluding hydrogens is 340 g/mol. The van der Waals surface area contributed by atoms with Gasteiger partial charge in [0.15, 0.2) is 0 Å². The van der Waals surface area contributed by atoms with Crippen molar-refractivity contribution in [1.29, 1.82) is 0 Å². The molecule has 1 aromatic heterocycles. The number of hydrogen-bond acceptors (Lipinski definition) is 4. The van der Waals surface area contributed by atoms with Crippen LogP contribution in [0.1, 0.15) is 40.4 Å². The van der Waals surface area contributed by atoms with E-state index in [2.05, 4.69) is 44.8 Å². The highest BCUT2D eigenvalue weighted by Crippen LogP contribution is 2.25. The molecule has 0 saturated carbocycles. The van der Waals surface area contributed by atoms with Crippen molar-refractivity contribution in [2.75, 3.05) is 44.3 Å². The molecule has 2 saturated heterocycles. The average Bonchev–Trinajstić information content (AvgIpc) is 3.24. The van der Waals surface area contributed by atoms with Crippen molar-refractivity contribution in [3.8, 4) is 0 Å². The van der Waals surface area contributed by atoms with E-state index in [1.165, 1.54) is 5.69 Å². The van der Waals surface area contributed by atoms with Crippen molar-refractivity contribution in [1.82, 2.24) is 15.6 Å². The molecule has 0 aliphatic carbocycles. The van der Waals surface area contributed by atoms with E-state index in [1.807, 2.05) is 12.3 Å². The van der Waals surface area contributed by atoms with Crippen LogP contribution >= 0.6 is 0 Å². The molecule has 144 valence electrons. The summed E-state index contributed by atoms with van der Waals surface area (Å²) in [5, 5.41) is 6.48. The van der Waals surface area contributed by atoms with Crippen molar-refractivity contribution < 1.29 is 9.53 Å². The van der Waals surface area contributed by atoms with Gasteiger partial charge in [0.2, 0.25) is 0 Å². The normalized spacial score (nSPS) is 20.4. The largest absolute Gasteiger partial charge is 0.378 e. The van der Waals surface area contributed by atoms with Crippen molar-refractivity contribution in [2.24, 2.45) is 0 Å². The number of nitrogens with zero attached hydrogens (tertiary/aromatic N) is 1. The highest BCUT2D eigenvalue weighted by molar-refractivity contribution is 5.95. The quantitative estimate of drug-likeness (QED) is 0.757. The van der Waals surface area contributed by atoms with E-state index in [9.17, 15) is 4.79 Å². The predicted molar refractivity (Wildman–Crippen MR) is 106 cm³/mol. The lowest BCUT2D eigenvalue weighted by Crippen LogP contribution is -2.36. The Labute approximate surface area is 160 Å². The number of aromatic amines is 1. The van der Waals surface area contributed by atoms with E-state index in [4.69, 9.17) is 4.74 Å². The number of hydrogen-bond donors (Lipinski definition) is 3. The van der Waals surface area contributed by atoms with Gasteiger partial charge < -0.3 is 25.3 Å². The molecule has 1 amide bonds. The fourth-order valence-electron chi connectivity index (χ4n) is 3.94. The molecule has 6 nitrogen and oxygen atoms in total. The lowest BCUT2D eigenvalue weighted by atomic mass is 9.93. The molecular formula is C21H28N4O2. The number of carbonyl (C=O) groups excluding carboxylic acids is 1. The molecule has 2 fully saturated rings. The fraction of sp³-hybridized carbons (Fsp3) is 0.476. The molecule has 0 radical (unpaired) electrons. The third-order valence-electron chi connectivity index (χ3n) is 5.49. The SMILES string of the molecule is O=C(NCc1ccc(N2CCOCC2)cc1)c1cc[nH]c1C1CCCNC1. The van der Waals surface area contributed by atoms with Crippen LogP contribution in [0.25, 0.3) is 0 Å². The molecule has 1 unspecified atom stereocenters. The molecule has 27 heavy (non-hydrogen) atoms. The standard InChI is InChI=1S/C21H28N4O2/c26-21(19-7-9-23-20(19)17-2-1-8-22-15-17)24-14-16-3-5-18(6-4-16)25-10-12-27-13-11-25/h3-7,9,17,22-23H,1-2,8,10-15H2,(H,24,26). The summed E-state index contributed by atoms with van der Waals surface area (Å²) in [5.41, 5.74) is 4.15. The van der Waals surface area contributed by atoms with Crippen LogP contribution < -0.4 is 15.5 Å². The number of H-pyrrole nitrogens is 1.